The Bertz CT molecular complexity index is 531. The Morgan fingerprint density at radius 1 is 1.26 bits per heavy atom. The van der Waals surface area contributed by atoms with E-state index in [0.29, 0.717) is 0 Å². The molecule has 1 aromatic heterocycles. The van der Waals surface area contributed by atoms with Gasteiger partial charge in [-0.15, -0.1) is 11.8 Å². The Kier molecular flexibility index (Phi) is 5.10. The molecule has 0 radical (unpaired) electrons. The number of thioether (sulfide) groups is 1. The molecule has 4 heteroatoms. The number of aromatic nitrogens is 1. The van der Waals surface area contributed by atoms with Gasteiger partial charge in [-0.1, -0.05) is 19.1 Å². The van der Waals surface area contributed by atoms with Gasteiger partial charge in [-0.25, -0.2) is 0 Å². The highest BCUT2D eigenvalue weighted by molar-refractivity contribution is 7.98. The number of benzene rings is 1. The smallest absolute Gasteiger partial charge is 0.147 e. The predicted octanol–water partition coefficient (Wildman–Crippen LogP) is 4.42. The summed E-state index contributed by atoms with van der Waals surface area (Å²) < 4.78 is 5.90. The molecular formula is C15H18N2OS. The van der Waals surface area contributed by atoms with Crippen molar-refractivity contribution in [3.05, 3.63) is 42.7 Å². The van der Waals surface area contributed by atoms with Gasteiger partial charge in [0.15, 0.2) is 0 Å². The molecule has 0 aliphatic carbocycles. The van der Waals surface area contributed by atoms with Crippen molar-refractivity contribution in [2.75, 3.05) is 18.1 Å². The molecule has 1 N–H and O–H groups in total. The molecule has 0 amide bonds. The zero-order chi connectivity index (χ0) is 13.5. The minimum absolute atomic E-state index is 0.752. The van der Waals surface area contributed by atoms with Crippen LogP contribution in [-0.4, -0.2) is 17.8 Å². The minimum atomic E-state index is 0.752. The molecule has 2 aromatic rings. The average Bonchev–Trinajstić information content (AvgIpc) is 2.46. The second-order valence-electron chi connectivity index (χ2n) is 4.09. The lowest BCUT2D eigenvalue weighted by Gasteiger charge is -2.10. The van der Waals surface area contributed by atoms with Gasteiger partial charge in [0.05, 0.1) is 18.1 Å². The van der Waals surface area contributed by atoms with Crippen LogP contribution >= 0.6 is 11.8 Å². The standard InChI is InChI=1S/C15H18N2OS/c1-3-8-17-12-9-13(11-16-10-12)18-14-6-4-5-7-15(14)19-2/h4-7,9-11,17H,3,8H2,1-2H3. The fourth-order valence-electron chi connectivity index (χ4n) is 1.67. The van der Waals surface area contributed by atoms with Gasteiger partial charge < -0.3 is 10.1 Å². The first-order chi connectivity index (χ1) is 9.33. The number of rotatable bonds is 6. The number of ether oxygens (including phenoxy) is 1. The first-order valence-electron chi connectivity index (χ1n) is 6.33. The van der Waals surface area contributed by atoms with Gasteiger partial charge >= 0.3 is 0 Å². The highest BCUT2D eigenvalue weighted by atomic mass is 32.2. The molecule has 0 fully saturated rings. The van der Waals surface area contributed by atoms with Gasteiger partial charge in [-0.05, 0) is 24.8 Å². The maximum atomic E-state index is 5.90. The molecule has 2 rings (SSSR count). The first-order valence-corrected chi connectivity index (χ1v) is 7.55. The highest BCUT2D eigenvalue weighted by Crippen LogP contribution is 2.31. The fraction of sp³-hybridized carbons (Fsp3) is 0.267. The lowest BCUT2D eigenvalue weighted by Crippen LogP contribution is -2.00. The fourth-order valence-corrected chi connectivity index (χ4v) is 2.20. The molecule has 0 saturated heterocycles. The van der Waals surface area contributed by atoms with Gasteiger partial charge in [0, 0.05) is 17.5 Å². The van der Waals surface area contributed by atoms with Crippen molar-refractivity contribution in [1.82, 2.24) is 4.98 Å². The van der Waals surface area contributed by atoms with Gasteiger partial charge in [-0.3, -0.25) is 4.98 Å². The third-order valence-electron chi connectivity index (χ3n) is 2.59. The average molecular weight is 274 g/mol. The van der Waals surface area contributed by atoms with E-state index >= 15 is 0 Å². The lowest BCUT2D eigenvalue weighted by molar-refractivity contribution is 0.469. The van der Waals surface area contributed by atoms with E-state index in [-0.39, 0.29) is 0 Å². The van der Waals surface area contributed by atoms with Crippen molar-refractivity contribution >= 4 is 17.4 Å². The van der Waals surface area contributed by atoms with Crippen molar-refractivity contribution in [3.63, 3.8) is 0 Å². The van der Waals surface area contributed by atoms with E-state index in [1.165, 1.54) is 0 Å². The van der Waals surface area contributed by atoms with Crippen LogP contribution in [0, 0.1) is 0 Å². The van der Waals surface area contributed by atoms with Crippen molar-refractivity contribution in [3.8, 4) is 11.5 Å². The van der Waals surface area contributed by atoms with Crippen LogP contribution in [0.2, 0.25) is 0 Å². The molecule has 0 spiro atoms. The predicted molar refractivity (Wildman–Crippen MR) is 81.3 cm³/mol. The summed E-state index contributed by atoms with van der Waals surface area (Å²) in [7, 11) is 0. The van der Waals surface area contributed by atoms with Crippen molar-refractivity contribution in [2.45, 2.75) is 18.2 Å². The van der Waals surface area contributed by atoms with E-state index in [1.54, 1.807) is 18.0 Å². The van der Waals surface area contributed by atoms with Crippen molar-refractivity contribution < 1.29 is 4.74 Å². The third kappa shape index (κ3) is 3.89. The summed E-state index contributed by atoms with van der Waals surface area (Å²) in [4.78, 5) is 5.31. The van der Waals surface area contributed by atoms with Gasteiger partial charge in [0.2, 0.25) is 0 Å². The third-order valence-corrected chi connectivity index (χ3v) is 3.37. The Labute approximate surface area is 118 Å². The van der Waals surface area contributed by atoms with E-state index in [0.717, 1.165) is 35.0 Å². The maximum Gasteiger partial charge on any atom is 0.147 e. The van der Waals surface area contributed by atoms with Gasteiger partial charge in [-0.2, -0.15) is 0 Å². The van der Waals surface area contributed by atoms with Crippen LogP contribution in [0.15, 0.2) is 47.6 Å². The largest absolute Gasteiger partial charge is 0.454 e. The molecule has 0 bridgehead atoms. The Balaban J connectivity index is 2.14. The Hall–Kier alpha value is -1.68. The van der Waals surface area contributed by atoms with Crippen LogP contribution < -0.4 is 10.1 Å². The zero-order valence-electron chi connectivity index (χ0n) is 11.2. The maximum absolute atomic E-state index is 5.90. The topological polar surface area (TPSA) is 34.2 Å². The number of nitrogens with one attached hydrogen (secondary N) is 1. The summed E-state index contributed by atoms with van der Waals surface area (Å²) in [5, 5.41) is 3.30. The van der Waals surface area contributed by atoms with E-state index < -0.39 is 0 Å². The number of nitrogens with zero attached hydrogens (tertiary/aromatic N) is 1. The van der Waals surface area contributed by atoms with E-state index in [9.17, 15) is 0 Å². The van der Waals surface area contributed by atoms with Crippen molar-refractivity contribution in [1.29, 1.82) is 0 Å². The molecule has 0 aliphatic rings. The molecule has 3 nitrogen and oxygen atoms in total. The monoisotopic (exact) mass is 274 g/mol. The summed E-state index contributed by atoms with van der Waals surface area (Å²) >= 11 is 1.67. The second kappa shape index (κ2) is 7.04. The van der Waals surface area contributed by atoms with Gasteiger partial charge in [0.1, 0.15) is 11.5 Å². The summed E-state index contributed by atoms with van der Waals surface area (Å²) in [5.41, 5.74) is 0.987. The molecule has 1 aromatic carbocycles. The lowest BCUT2D eigenvalue weighted by atomic mass is 10.3. The van der Waals surface area contributed by atoms with Crippen LogP contribution in [0.5, 0.6) is 11.5 Å². The molecule has 0 atom stereocenters. The highest BCUT2D eigenvalue weighted by Gasteiger charge is 2.04. The molecule has 0 saturated carbocycles. The molecule has 1 heterocycles. The summed E-state index contributed by atoms with van der Waals surface area (Å²) in [6, 6.07) is 9.97. The second-order valence-corrected chi connectivity index (χ2v) is 4.94. The molecule has 0 unspecified atom stereocenters. The van der Waals surface area contributed by atoms with Crippen LogP contribution in [0.25, 0.3) is 0 Å². The summed E-state index contributed by atoms with van der Waals surface area (Å²) in [5.74, 6) is 1.62. The molecule has 0 aliphatic heterocycles. The van der Waals surface area contributed by atoms with Crippen molar-refractivity contribution in [2.24, 2.45) is 0 Å². The number of hydrogen-bond acceptors (Lipinski definition) is 4. The number of para-hydroxylation sites is 1. The van der Waals surface area contributed by atoms with Crippen LogP contribution in [0.1, 0.15) is 13.3 Å². The van der Waals surface area contributed by atoms with Crippen LogP contribution in [0.4, 0.5) is 5.69 Å². The van der Waals surface area contributed by atoms with Crippen LogP contribution in [0.3, 0.4) is 0 Å². The molecule has 100 valence electrons. The molecule has 19 heavy (non-hydrogen) atoms. The zero-order valence-corrected chi connectivity index (χ0v) is 12.0. The van der Waals surface area contributed by atoms with E-state index in [4.69, 9.17) is 4.74 Å². The normalized spacial score (nSPS) is 10.2. The molecular weight excluding hydrogens is 256 g/mol. The van der Waals surface area contributed by atoms with Gasteiger partial charge in [0.25, 0.3) is 0 Å². The van der Waals surface area contributed by atoms with Crippen LogP contribution in [-0.2, 0) is 0 Å². The Morgan fingerprint density at radius 2 is 2.11 bits per heavy atom. The van der Waals surface area contributed by atoms with E-state index in [1.807, 2.05) is 42.8 Å². The van der Waals surface area contributed by atoms with E-state index in [2.05, 4.69) is 17.2 Å². The summed E-state index contributed by atoms with van der Waals surface area (Å²) in [6.07, 6.45) is 6.66. The number of hydrogen-bond donors (Lipinski definition) is 1. The minimum Gasteiger partial charge on any atom is -0.454 e. The first kappa shape index (κ1) is 13.7. The SMILES string of the molecule is CCCNc1cncc(Oc2ccccc2SC)c1. The summed E-state index contributed by atoms with van der Waals surface area (Å²) in [6.45, 7) is 3.07. The quantitative estimate of drug-likeness (QED) is 0.791. The number of anilines is 1. The number of pyridine rings is 1. The Morgan fingerprint density at radius 3 is 2.89 bits per heavy atom.